The zero-order chi connectivity index (χ0) is 30.2. The lowest BCUT2D eigenvalue weighted by Crippen LogP contribution is -2.50. The molecule has 0 bridgehead atoms. The molecule has 2 aliphatic rings. The summed E-state index contributed by atoms with van der Waals surface area (Å²) in [6.07, 6.45) is -7.66. The van der Waals surface area contributed by atoms with Crippen LogP contribution in [-0.2, 0) is 23.7 Å². The maximum Gasteiger partial charge on any atom is 0.416 e. The molecule has 5 rings (SSSR count). The minimum atomic E-state index is -4.54. The lowest BCUT2D eigenvalue weighted by atomic mass is 10.0. The number of carbonyl (C=O) groups is 1. The number of benzene rings is 2. The van der Waals surface area contributed by atoms with E-state index in [0.29, 0.717) is 49.6 Å². The van der Waals surface area contributed by atoms with E-state index in [1.807, 2.05) is 15.9 Å². The molecule has 43 heavy (non-hydrogen) atoms. The van der Waals surface area contributed by atoms with Crippen LogP contribution in [-0.4, -0.2) is 64.8 Å². The van der Waals surface area contributed by atoms with Crippen molar-refractivity contribution < 1.29 is 31.1 Å². The number of hydrogen-bond donors (Lipinski definition) is 0. The molecule has 3 aromatic rings. The van der Waals surface area contributed by atoms with Crippen molar-refractivity contribution in [3.05, 3.63) is 88.1 Å². The fourth-order valence-electron chi connectivity index (χ4n) is 5.32. The lowest BCUT2D eigenvalue weighted by Gasteiger charge is -2.36. The minimum absolute atomic E-state index is 0. The average molecular weight is 625 g/mol. The molecule has 0 spiro atoms. The van der Waals surface area contributed by atoms with Gasteiger partial charge < -0.3 is 0 Å². The van der Waals surface area contributed by atoms with Crippen LogP contribution >= 0.6 is 12.4 Å². The van der Waals surface area contributed by atoms with Gasteiger partial charge in [-0.15, -0.1) is 12.4 Å². The molecular formula is C29H27ClF6N6O. The van der Waals surface area contributed by atoms with Gasteiger partial charge in [0.15, 0.2) is 5.82 Å². The van der Waals surface area contributed by atoms with Crippen molar-refractivity contribution in [3.8, 4) is 6.07 Å². The molecule has 1 amide bonds. The molecule has 1 aromatic heterocycles. The number of halogens is 7. The second kappa shape index (κ2) is 12.4. The quantitative estimate of drug-likeness (QED) is 0.343. The fraction of sp³-hybridized carbons (Fsp3) is 0.345. The first kappa shape index (κ1) is 32.1. The number of piperazine rings is 1. The molecule has 0 aliphatic carbocycles. The summed E-state index contributed by atoms with van der Waals surface area (Å²) < 4.78 is 80.7. The normalized spacial score (nSPS) is 16.5. The van der Waals surface area contributed by atoms with Crippen molar-refractivity contribution in [1.82, 2.24) is 19.6 Å². The van der Waals surface area contributed by atoms with Gasteiger partial charge in [-0.3, -0.25) is 19.5 Å². The van der Waals surface area contributed by atoms with Crippen LogP contribution in [0.25, 0.3) is 5.70 Å². The van der Waals surface area contributed by atoms with Crippen LogP contribution in [0.15, 0.2) is 60.3 Å². The molecule has 3 heterocycles. The second-order valence-electron chi connectivity index (χ2n) is 10.3. The highest BCUT2D eigenvalue weighted by molar-refractivity contribution is 5.98. The van der Waals surface area contributed by atoms with E-state index < -0.39 is 23.5 Å². The molecule has 0 unspecified atom stereocenters. The van der Waals surface area contributed by atoms with Crippen LogP contribution in [0.4, 0.5) is 32.2 Å². The Bertz CT molecular complexity index is 1570. The van der Waals surface area contributed by atoms with Gasteiger partial charge in [-0.05, 0) is 36.3 Å². The highest BCUT2D eigenvalue weighted by Gasteiger charge is 2.35. The first-order valence-electron chi connectivity index (χ1n) is 13.1. The summed E-state index contributed by atoms with van der Waals surface area (Å²) in [5.41, 5.74) is 0.409. The summed E-state index contributed by atoms with van der Waals surface area (Å²) >= 11 is 0. The fourth-order valence-corrected chi connectivity index (χ4v) is 5.32. The third-order valence-electron chi connectivity index (χ3n) is 7.38. The Hall–Kier alpha value is -3.86. The third-order valence-corrected chi connectivity index (χ3v) is 7.38. The van der Waals surface area contributed by atoms with E-state index in [2.05, 4.69) is 5.10 Å². The van der Waals surface area contributed by atoms with Gasteiger partial charge in [0.1, 0.15) is 11.6 Å². The second-order valence-corrected chi connectivity index (χ2v) is 10.3. The number of carbonyl (C=O) groups excluding carboxylic acids is 1. The summed E-state index contributed by atoms with van der Waals surface area (Å²) in [6, 6.07) is 12.1. The van der Waals surface area contributed by atoms with Crippen LogP contribution in [0.5, 0.6) is 0 Å². The van der Waals surface area contributed by atoms with Gasteiger partial charge in [-0.1, -0.05) is 30.3 Å². The Balaban J connectivity index is 0.00000423. The molecule has 0 atom stereocenters. The highest BCUT2D eigenvalue weighted by Crippen LogP contribution is 2.37. The molecule has 0 N–H and O–H groups in total. The Morgan fingerprint density at radius 2 is 1.53 bits per heavy atom. The number of hydrogen-bond acceptors (Lipinski definition) is 5. The van der Waals surface area contributed by atoms with Crippen LogP contribution < -0.4 is 4.90 Å². The number of amides is 1. The molecule has 0 radical (unpaired) electrons. The molecule has 228 valence electrons. The van der Waals surface area contributed by atoms with Crippen molar-refractivity contribution in [3.63, 3.8) is 0 Å². The third kappa shape index (κ3) is 6.87. The molecule has 2 aliphatic heterocycles. The SMILES string of the molecule is CC1=C(c2cccc(C(F)(F)F)c2)n2ncc(C#N)c2N(C(=O)CN2CCN(Cc3cccc(C(F)(F)F)c3)CC2)C1.Cl. The average Bonchev–Trinajstić information content (AvgIpc) is 3.37. The summed E-state index contributed by atoms with van der Waals surface area (Å²) in [7, 11) is 0. The van der Waals surface area contributed by atoms with Crippen LogP contribution in [0.1, 0.15) is 34.7 Å². The van der Waals surface area contributed by atoms with Gasteiger partial charge in [0.25, 0.3) is 0 Å². The molecular weight excluding hydrogens is 598 g/mol. The molecule has 14 heteroatoms. The first-order valence-corrected chi connectivity index (χ1v) is 13.1. The molecule has 1 fully saturated rings. The topological polar surface area (TPSA) is 68.4 Å². The number of aromatic nitrogens is 2. The predicted octanol–water partition coefficient (Wildman–Crippen LogP) is 5.66. The Kier molecular flexibility index (Phi) is 9.24. The smallest absolute Gasteiger partial charge is 0.297 e. The van der Waals surface area contributed by atoms with E-state index in [1.54, 1.807) is 13.0 Å². The van der Waals surface area contributed by atoms with Gasteiger partial charge in [-0.2, -0.15) is 36.7 Å². The van der Waals surface area contributed by atoms with E-state index >= 15 is 0 Å². The number of anilines is 1. The van der Waals surface area contributed by atoms with Crippen LogP contribution in [0.2, 0.25) is 0 Å². The van der Waals surface area contributed by atoms with E-state index in [9.17, 15) is 36.4 Å². The number of nitrogens with zero attached hydrogens (tertiary/aromatic N) is 6. The van der Waals surface area contributed by atoms with Crippen molar-refractivity contribution >= 4 is 29.8 Å². The highest BCUT2D eigenvalue weighted by atomic mass is 35.5. The monoisotopic (exact) mass is 624 g/mol. The summed E-state index contributed by atoms with van der Waals surface area (Å²) in [5.74, 6) is -0.106. The maximum absolute atomic E-state index is 13.5. The standard InChI is InChI=1S/C29H26F6N6O.ClH/c1-19-16-40(27-22(14-36)15-37-41(27)26(19)21-5-3-7-24(13-21)29(33,34)35)25(42)18-39-10-8-38(9-11-39)17-20-4-2-6-23(12-20)28(30,31)32;/h2-7,12-13,15H,8-11,16-18H2,1H3;1H. The summed E-state index contributed by atoms with van der Waals surface area (Å²) in [4.78, 5) is 18.9. The zero-order valence-corrected chi connectivity index (χ0v) is 23.7. The molecule has 2 aromatic carbocycles. The van der Waals surface area contributed by atoms with Crippen molar-refractivity contribution in [2.75, 3.05) is 44.2 Å². The van der Waals surface area contributed by atoms with Gasteiger partial charge in [0.2, 0.25) is 5.91 Å². The number of alkyl halides is 6. The molecule has 7 nitrogen and oxygen atoms in total. The van der Waals surface area contributed by atoms with Gasteiger partial charge in [0.05, 0.1) is 36.1 Å². The van der Waals surface area contributed by atoms with Crippen molar-refractivity contribution in [2.24, 2.45) is 0 Å². The van der Waals surface area contributed by atoms with Crippen molar-refractivity contribution in [1.29, 1.82) is 5.26 Å². The van der Waals surface area contributed by atoms with Crippen molar-refractivity contribution in [2.45, 2.75) is 25.8 Å². The van der Waals surface area contributed by atoms with E-state index in [1.165, 1.54) is 34.0 Å². The number of nitriles is 1. The van der Waals surface area contributed by atoms with Crippen LogP contribution in [0.3, 0.4) is 0 Å². The largest absolute Gasteiger partial charge is 0.416 e. The molecule has 1 saturated heterocycles. The van der Waals surface area contributed by atoms with Crippen LogP contribution in [0, 0.1) is 11.3 Å². The maximum atomic E-state index is 13.5. The number of fused-ring (bicyclic) bond motifs is 1. The van der Waals surface area contributed by atoms with E-state index in [4.69, 9.17) is 0 Å². The first-order chi connectivity index (χ1) is 19.8. The Labute approximate surface area is 250 Å². The van der Waals surface area contributed by atoms with Gasteiger partial charge in [0, 0.05) is 38.3 Å². The van der Waals surface area contributed by atoms with Gasteiger partial charge in [-0.25, -0.2) is 4.68 Å². The number of rotatable bonds is 5. The van der Waals surface area contributed by atoms with Gasteiger partial charge >= 0.3 is 12.4 Å². The lowest BCUT2D eigenvalue weighted by molar-refractivity contribution is -0.138. The predicted molar refractivity (Wildman–Crippen MR) is 149 cm³/mol. The summed E-state index contributed by atoms with van der Waals surface area (Å²) in [5, 5.41) is 14.0. The van der Waals surface area contributed by atoms with E-state index in [0.717, 1.165) is 24.3 Å². The van der Waals surface area contributed by atoms with E-state index in [-0.39, 0.29) is 48.3 Å². The Morgan fingerprint density at radius 1 is 0.930 bits per heavy atom. The minimum Gasteiger partial charge on any atom is -0.297 e. The molecule has 0 saturated carbocycles. The summed E-state index contributed by atoms with van der Waals surface area (Å²) in [6.45, 7) is 4.26. The Morgan fingerprint density at radius 3 is 2.16 bits per heavy atom. The zero-order valence-electron chi connectivity index (χ0n) is 22.9.